The molecule has 0 saturated carbocycles. The Morgan fingerprint density at radius 1 is 1.38 bits per heavy atom. The minimum atomic E-state index is -2.00. The molecule has 0 N–H and O–H groups in total. The number of esters is 1. The molecule has 1 aliphatic carbocycles. The lowest BCUT2D eigenvalue weighted by Gasteiger charge is -2.41. The second-order valence-electron chi connectivity index (χ2n) is 7.93. The van der Waals surface area contributed by atoms with Crippen LogP contribution in [0, 0.1) is 5.92 Å². The van der Waals surface area contributed by atoms with Gasteiger partial charge in [0.15, 0.2) is 8.32 Å². The highest BCUT2D eigenvalue weighted by Crippen LogP contribution is 2.43. The number of nitrogens with zero attached hydrogens (tertiary/aromatic N) is 1. The number of rotatable bonds is 4. The van der Waals surface area contributed by atoms with E-state index in [0.29, 0.717) is 24.6 Å². The second kappa shape index (κ2) is 7.14. The van der Waals surface area contributed by atoms with Crippen molar-refractivity contribution in [3.63, 3.8) is 0 Å². The fraction of sp³-hybridized carbons (Fsp3) is 0.667. The first-order valence-corrected chi connectivity index (χ1v) is 11.8. The third-order valence-corrected chi connectivity index (χ3v) is 9.81. The monoisotopic (exact) mass is 369 g/mol. The topological polar surface area (TPSA) is 48.4 Å². The van der Waals surface area contributed by atoms with E-state index in [9.17, 15) is 4.79 Å². The highest BCUT2D eigenvalue weighted by Gasteiger charge is 2.42. The van der Waals surface area contributed by atoms with Crippen LogP contribution in [0.25, 0.3) is 0 Å². The number of ether oxygens (including phenoxy) is 1. The zero-order valence-electron chi connectivity index (χ0n) is 15.5. The summed E-state index contributed by atoms with van der Waals surface area (Å²) in [5.41, 5.74) is 1.92. The van der Waals surface area contributed by atoms with Gasteiger partial charge in [0, 0.05) is 0 Å². The Bertz CT molecular complexity index is 613. The van der Waals surface area contributed by atoms with Crippen LogP contribution in [-0.2, 0) is 20.4 Å². The van der Waals surface area contributed by atoms with Crippen LogP contribution in [0.4, 0.5) is 0 Å². The van der Waals surface area contributed by atoms with Gasteiger partial charge in [-0.2, -0.15) is 0 Å². The standard InChI is InChI=1S/C18H28ClNO3Si/c1-7-22-17(21)13-10-12-8-9-15(19)20-16(12)14(11-13)23-24(5,6)18(2,3)4/h8-9,13-14H,7,10-11H2,1-6H3. The fourth-order valence-corrected chi connectivity index (χ4v) is 4.15. The molecular formula is C18H28ClNO3Si. The predicted molar refractivity (Wildman–Crippen MR) is 98.7 cm³/mol. The Labute approximate surface area is 151 Å². The number of hydrogen-bond donors (Lipinski definition) is 0. The molecular weight excluding hydrogens is 342 g/mol. The molecule has 0 saturated heterocycles. The quantitative estimate of drug-likeness (QED) is 0.429. The predicted octanol–water partition coefficient (Wildman–Crippen LogP) is 4.92. The Balaban J connectivity index is 2.34. The van der Waals surface area contributed by atoms with Gasteiger partial charge in [-0.1, -0.05) is 38.4 Å². The van der Waals surface area contributed by atoms with Crippen LogP contribution in [0.3, 0.4) is 0 Å². The Morgan fingerprint density at radius 2 is 2.04 bits per heavy atom. The molecule has 0 bridgehead atoms. The van der Waals surface area contributed by atoms with Gasteiger partial charge in [-0.3, -0.25) is 4.79 Å². The van der Waals surface area contributed by atoms with Crippen LogP contribution >= 0.6 is 11.6 Å². The van der Waals surface area contributed by atoms with Gasteiger partial charge < -0.3 is 9.16 Å². The van der Waals surface area contributed by atoms with Crippen molar-refractivity contribution in [3.8, 4) is 0 Å². The van der Waals surface area contributed by atoms with E-state index >= 15 is 0 Å². The van der Waals surface area contributed by atoms with Gasteiger partial charge in [0.25, 0.3) is 0 Å². The van der Waals surface area contributed by atoms with Crippen molar-refractivity contribution in [2.45, 2.75) is 64.8 Å². The van der Waals surface area contributed by atoms with Crippen molar-refractivity contribution >= 4 is 25.9 Å². The first-order valence-electron chi connectivity index (χ1n) is 8.55. The molecule has 1 heterocycles. The van der Waals surface area contributed by atoms with Gasteiger partial charge in [-0.25, -0.2) is 4.98 Å². The number of carbonyl (C=O) groups is 1. The van der Waals surface area contributed by atoms with E-state index < -0.39 is 8.32 Å². The van der Waals surface area contributed by atoms with Crippen LogP contribution < -0.4 is 0 Å². The zero-order chi connectivity index (χ0) is 18.1. The van der Waals surface area contributed by atoms with Crippen molar-refractivity contribution in [1.29, 1.82) is 0 Å². The minimum absolute atomic E-state index is 0.0859. The van der Waals surface area contributed by atoms with Crippen LogP contribution in [0.15, 0.2) is 12.1 Å². The lowest BCUT2D eigenvalue weighted by atomic mass is 9.85. The summed E-state index contributed by atoms with van der Waals surface area (Å²) in [5.74, 6) is -0.336. The molecule has 2 rings (SSSR count). The molecule has 2 unspecified atom stereocenters. The molecule has 0 radical (unpaired) electrons. The van der Waals surface area contributed by atoms with E-state index in [-0.39, 0.29) is 23.0 Å². The summed E-state index contributed by atoms with van der Waals surface area (Å²) in [6, 6.07) is 3.73. The number of carbonyl (C=O) groups excluding carboxylic acids is 1. The van der Waals surface area contributed by atoms with E-state index in [2.05, 4.69) is 38.8 Å². The molecule has 1 aliphatic rings. The summed E-state index contributed by atoms with van der Waals surface area (Å²) in [5, 5.41) is 0.551. The molecule has 0 aliphatic heterocycles. The lowest BCUT2D eigenvalue weighted by molar-refractivity contribution is -0.149. The third-order valence-electron chi connectivity index (χ3n) is 5.11. The molecule has 2 atom stereocenters. The van der Waals surface area contributed by atoms with Crippen LogP contribution in [0.1, 0.15) is 51.5 Å². The second-order valence-corrected chi connectivity index (χ2v) is 13.1. The molecule has 24 heavy (non-hydrogen) atoms. The first-order chi connectivity index (χ1) is 11.0. The maximum atomic E-state index is 12.3. The van der Waals surface area contributed by atoms with Crippen LogP contribution in [0.2, 0.25) is 23.3 Å². The maximum Gasteiger partial charge on any atom is 0.309 e. The molecule has 0 aromatic carbocycles. The average molecular weight is 370 g/mol. The summed E-state index contributed by atoms with van der Waals surface area (Å²) in [6.45, 7) is 13.3. The van der Waals surface area contributed by atoms with Crippen molar-refractivity contribution in [2.24, 2.45) is 5.92 Å². The van der Waals surface area contributed by atoms with Gasteiger partial charge in [0.2, 0.25) is 0 Å². The van der Waals surface area contributed by atoms with E-state index in [1.165, 1.54) is 0 Å². The Morgan fingerprint density at radius 3 is 2.62 bits per heavy atom. The summed E-state index contributed by atoms with van der Waals surface area (Å²) in [6.07, 6.45) is 1.03. The highest BCUT2D eigenvalue weighted by atomic mass is 35.5. The molecule has 0 amide bonds. The molecule has 6 heteroatoms. The third kappa shape index (κ3) is 4.19. The first kappa shape index (κ1) is 19.4. The van der Waals surface area contributed by atoms with Crippen molar-refractivity contribution in [1.82, 2.24) is 4.98 Å². The zero-order valence-corrected chi connectivity index (χ0v) is 17.2. The average Bonchev–Trinajstić information content (AvgIpc) is 2.46. The molecule has 0 fully saturated rings. The van der Waals surface area contributed by atoms with Gasteiger partial charge in [0.05, 0.1) is 24.3 Å². The normalized spacial score (nSPS) is 21.3. The molecule has 1 aromatic rings. The number of hydrogen-bond acceptors (Lipinski definition) is 4. The number of fused-ring (bicyclic) bond motifs is 1. The summed E-state index contributed by atoms with van der Waals surface area (Å²) >= 11 is 6.10. The smallest absolute Gasteiger partial charge is 0.309 e. The van der Waals surface area contributed by atoms with E-state index in [1.54, 1.807) is 6.07 Å². The molecule has 134 valence electrons. The van der Waals surface area contributed by atoms with Crippen molar-refractivity contribution in [3.05, 3.63) is 28.5 Å². The Hall–Kier alpha value is -0.913. The number of pyridine rings is 1. The molecule has 0 spiro atoms. The van der Waals surface area contributed by atoms with Gasteiger partial charge >= 0.3 is 5.97 Å². The summed E-state index contributed by atoms with van der Waals surface area (Å²) in [7, 11) is -2.00. The highest BCUT2D eigenvalue weighted by molar-refractivity contribution is 6.74. The molecule has 4 nitrogen and oxygen atoms in total. The summed E-state index contributed by atoms with van der Waals surface area (Å²) in [4.78, 5) is 16.8. The Kier molecular flexibility index (Phi) is 5.78. The van der Waals surface area contributed by atoms with Crippen LogP contribution in [-0.4, -0.2) is 25.9 Å². The number of halogens is 1. The van der Waals surface area contributed by atoms with Gasteiger partial charge in [-0.15, -0.1) is 0 Å². The molecule has 1 aromatic heterocycles. The summed E-state index contributed by atoms with van der Waals surface area (Å²) < 4.78 is 11.8. The van der Waals surface area contributed by atoms with Gasteiger partial charge in [-0.05, 0) is 49.5 Å². The van der Waals surface area contributed by atoms with E-state index in [1.807, 2.05) is 13.0 Å². The van der Waals surface area contributed by atoms with Crippen LogP contribution in [0.5, 0.6) is 0 Å². The van der Waals surface area contributed by atoms with E-state index in [4.69, 9.17) is 20.8 Å². The fourth-order valence-electron chi connectivity index (χ4n) is 2.73. The maximum absolute atomic E-state index is 12.3. The minimum Gasteiger partial charge on any atom is -0.466 e. The lowest BCUT2D eigenvalue weighted by Crippen LogP contribution is -2.43. The number of aromatic nitrogens is 1. The largest absolute Gasteiger partial charge is 0.466 e. The van der Waals surface area contributed by atoms with Crippen molar-refractivity contribution < 1.29 is 14.0 Å². The van der Waals surface area contributed by atoms with Crippen molar-refractivity contribution in [2.75, 3.05) is 6.61 Å². The SMILES string of the molecule is CCOC(=O)C1Cc2ccc(Cl)nc2C(O[Si](C)(C)C(C)(C)C)C1. The van der Waals surface area contributed by atoms with Gasteiger partial charge in [0.1, 0.15) is 5.15 Å². The van der Waals surface area contributed by atoms with E-state index in [0.717, 1.165) is 11.3 Å².